The molecular weight excluding hydrogens is 230 g/mol. The SMILES string of the molecule is O=C1C[C@H](c2ccc(Cl)cc2)CN1.O=CO. The first-order valence-electron chi connectivity index (χ1n) is 4.77. The number of hydrogen-bond acceptors (Lipinski definition) is 2. The minimum absolute atomic E-state index is 0.139. The van der Waals surface area contributed by atoms with E-state index in [1.807, 2.05) is 24.3 Å². The Morgan fingerprint density at radius 2 is 1.94 bits per heavy atom. The van der Waals surface area contributed by atoms with E-state index in [2.05, 4.69) is 5.32 Å². The van der Waals surface area contributed by atoms with Crippen LogP contribution in [-0.4, -0.2) is 24.0 Å². The summed E-state index contributed by atoms with van der Waals surface area (Å²) in [6, 6.07) is 7.68. The molecule has 4 nitrogen and oxygen atoms in total. The van der Waals surface area contributed by atoms with Crippen LogP contribution in [0.1, 0.15) is 17.9 Å². The van der Waals surface area contributed by atoms with Crippen molar-refractivity contribution in [1.82, 2.24) is 5.32 Å². The summed E-state index contributed by atoms with van der Waals surface area (Å²) >= 11 is 5.76. The van der Waals surface area contributed by atoms with Crippen molar-refractivity contribution in [3.05, 3.63) is 34.9 Å². The minimum atomic E-state index is -0.250. The summed E-state index contributed by atoms with van der Waals surface area (Å²) in [5, 5.41) is 10.4. The van der Waals surface area contributed by atoms with Gasteiger partial charge in [-0.1, -0.05) is 23.7 Å². The molecule has 1 amide bonds. The highest BCUT2D eigenvalue weighted by Crippen LogP contribution is 2.23. The lowest BCUT2D eigenvalue weighted by Crippen LogP contribution is -2.13. The predicted molar refractivity (Wildman–Crippen MR) is 60.5 cm³/mol. The molecule has 2 N–H and O–H groups in total. The van der Waals surface area contributed by atoms with Crippen molar-refractivity contribution in [3.63, 3.8) is 0 Å². The molecular formula is C11H12ClNO3. The van der Waals surface area contributed by atoms with Crippen LogP contribution in [0.25, 0.3) is 0 Å². The van der Waals surface area contributed by atoms with Crippen LogP contribution < -0.4 is 5.32 Å². The van der Waals surface area contributed by atoms with E-state index in [1.54, 1.807) is 0 Å². The van der Waals surface area contributed by atoms with Crippen LogP contribution in [0, 0.1) is 0 Å². The van der Waals surface area contributed by atoms with Gasteiger partial charge in [0.2, 0.25) is 5.91 Å². The zero-order chi connectivity index (χ0) is 12.0. The Bertz CT molecular complexity index is 364. The lowest BCUT2D eigenvalue weighted by Gasteiger charge is -2.06. The van der Waals surface area contributed by atoms with Gasteiger partial charge < -0.3 is 10.4 Å². The lowest BCUT2D eigenvalue weighted by molar-refractivity contribution is -0.123. The number of carbonyl (C=O) groups excluding carboxylic acids is 1. The number of carboxylic acid groups (broad SMARTS) is 1. The molecule has 0 unspecified atom stereocenters. The average Bonchev–Trinajstić information content (AvgIpc) is 2.67. The molecule has 2 rings (SSSR count). The number of benzene rings is 1. The fraction of sp³-hybridized carbons (Fsp3) is 0.273. The quantitative estimate of drug-likeness (QED) is 0.735. The van der Waals surface area contributed by atoms with Crippen LogP contribution in [0.4, 0.5) is 0 Å². The maximum absolute atomic E-state index is 11.0. The van der Waals surface area contributed by atoms with E-state index in [1.165, 1.54) is 5.56 Å². The number of halogens is 1. The normalized spacial score (nSPS) is 18.3. The number of amides is 1. The van der Waals surface area contributed by atoms with Crippen LogP contribution in [0.2, 0.25) is 5.02 Å². The van der Waals surface area contributed by atoms with Gasteiger partial charge in [0, 0.05) is 23.9 Å². The number of carbonyl (C=O) groups is 2. The maximum atomic E-state index is 11.0. The van der Waals surface area contributed by atoms with Gasteiger partial charge in [0.05, 0.1) is 0 Å². The van der Waals surface area contributed by atoms with Crippen LogP contribution in [0.5, 0.6) is 0 Å². The fourth-order valence-electron chi connectivity index (χ4n) is 1.58. The summed E-state index contributed by atoms with van der Waals surface area (Å²) in [4.78, 5) is 19.3. The third-order valence-electron chi connectivity index (χ3n) is 2.32. The van der Waals surface area contributed by atoms with Crippen molar-refractivity contribution < 1.29 is 14.7 Å². The Balaban J connectivity index is 0.000000386. The Morgan fingerprint density at radius 1 is 1.38 bits per heavy atom. The Morgan fingerprint density at radius 3 is 2.38 bits per heavy atom. The molecule has 1 aromatic carbocycles. The van der Waals surface area contributed by atoms with E-state index in [9.17, 15) is 4.79 Å². The van der Waals surface area contributed by atoms with Crippen LogP contribution in [0.3, 0.4) is 0 Å². The molecule has 1 atom stereocenters. The molecule has 0 aromatic heterocycles. The molecule has 0 radical (unpaired) electrons. The maximum Gasteiger partial charge on any atom is 0.290 e. The van der Waals surface area contributed by atoms with E-state index >= 15 is 0 Å². The van der Waals surface area contributed by atoms with Crippen LogP contribution >= 0.6 is 11.6 Å². The smallest absolute Gasteiger partial charge is 0.290 e. The number of hydrogen-bond donors (Lipinski definition) is 2. The van der Waals surface area contributed by atoms with Crippen molar-refractivity contribution in [2.45, 2.75) is 12.3 Å². The molecule has 0 saturated carbocycles. The second kappa shape index (κ2) is 6.12. The van der Waals surface area contributed by atoms with E-state index in [0.29, 0.717) is 12.3 Å². The van der Waals surface area contributed by atoms with Crippen molar-refractivity contribution in [1.29, 1.82) is 0 Å². The highest BCUT2D eigenvalue weighted by atomic mass is 35.5. The molecule has 1 aliphatic heterocycles. The van der Waals surface area contributed by atoms with Gasteiger partial charge >= 0.3 is 0 Å². The molecule has 1 fully saturated rings. The second-order valence-electron chi connectivity index (χ2n) is 3.36. The Labute approximate surface area is 98.2 Å². The lowest BCUT2D eigenvalue weighted by atomic mass is 9.99. The summed E-state index contributed by atoms with van der Waals surface area (Å²) in [7, 11) is 0. The molecule has 16 heavy (non-hydrogen) atoms. The highest BCUT2D eigenvalue weighted by molar-refractivity contribution is 6.30. The summed E-state index contributed by atoms with van der Waals surface area (Å²) in [5.74, 6) is 0.463. The van der Waals surface area contributed by atoms with Gasteiger partial charge in [-0.2, -0.15) is 0 Å². The number of nitrogens with one attached hydrogen (secondary N) is 1. The van der Waals surface area contributed by atoms with Crippen molar-refractivity contribution in [2.24, 2.45) is 0 Å². The first-order chi connectivity index (χ1) is 7.67. The predicted octanol–water partition coefficient (Wildman–Crippen LogP) is 1.64. The zero-order valence-corrected chi connectivity index (χ0v) is 9.28. The summed E-state index contributed by atoms with van der Waals surface area (Å²) in [6.07, 6.45) is 0.599. The average molecular weight is 242 g/mol. The zero-order valence-electron chi connectivity index (χ0n) is 8.52. The van der Waals surface area contributed by atoms with Gasteiger partial charge in [-0.3, -0.25) is 9.59 Å². The third kappa shape index (κ3) is 3.55. The Hall–Kier alpha value is -1.55. The highest BCUT2D eigenvalue weighted by Gasteiger charge is 2.22. The monoisotopic (exact) mass is 241 g/mol. The fourth-order valence-corrected chi connectivity index (χ4v) is 1.70. The van der Waals surface area contributed by atoms with Gasteiger partial charge in [0.25, 0.3) is 6.47 Å². The van der Waals surface area contributed by atoms with Crippen molar-refractivity contribution in [2.75, 3.05) is 6.54 Å². The van der Waals surface area contributed by atoms with Crippen molar-refractivity contribution in [3.8, 4) is 0 Å². The van der Waals surface area contributed by atoms with Gasteiger partial charge in [-0.25, -0.2) is 0 Å². The standard InChI is InChI=1S/C10H10ClNO.CH2O2/c11-9-3-1-7(2-4-9)8-5-10(13)12-6-8;2-1-3/h1-4,8H,5-6H2,(H,12,13);1H,(H,2,3)/t8-;/m0./s1. The topological polar surface area (TPSA) is 66.4 Å². The first kappa shape index (κ1) is 12.5. The van der Waals surface area contributed by atoms with Gasteiger partial charge in [-0.05, 0) is 17.7 Å². The van der Waals surface area contributed by atoms with E-state index < -0.39 is 0 Å². The largest absolute Gasteiger partial charge is 0.483 e. The first-order valence-corrected chi connectivity index (χ1v) is 5.15. The van der Waals surface area contributed by atoms with Crippen LogP contribution in [0.15, 0.2) is 24.3 Å². The summed E-state index contributed by atoms with van der Waals surface area (Å²) in [6.45, 7) is 0.500. The second-order valence-corrected chi connectivity index (χ2v) is 3.80. The van der Waals surface area contributed by atoms with Gasteiger partial charge in [-0.15, -0.1) is 0 Å². The van der Waals surface area contributed by atoms with Crippen LogP contribution in [-0.2, 0) is 9.59 Å². The minimum Gasteiger partial charge on any atom is -0.483 e. The molecule has 1 saturated heterocycles. The van der Waals surface area contributed by atoms with Gasteiger partial charge in [0.15, 0.2) is 0 Å². The molecule has 0 bridgehead atoms. The molecule has 86 valence electrons. The van der Waals surface area contributed by atoms with E-state index in [0.717, 1.165) is 11.6 Å². The summed E-state index contributed by atoms with van der Waals surface area (Å²) < 4.78 is 0. The van der Waals surface area contributed by atoms with Crippen molar-refractivity contribution >= 4 is 24.0 Å². The molecule has 5 heteroatoms. The Kier molecular flexibility index (Phi) is 4.79. The molecule has 0 aliphatic carbocycles. The van der Waals surface area contributed by atoms with E-state index in [4.69, 9.17) is 21.5 Å². The molecule has 1 heterocycles. The summed E-state index contributed by atoms with van der Waals surface area (Å²) in [5.41, 5.74) is 1.18. The molecule has 1 aliphatic rings. The van der Waals surface area contributed by atoms with E-state index in [-0.39, 0.29) is 12.4 Å². The molecule has 1 aromatic rings. The van der Waals surface area contributed by atoms with Gasteiger partial charge in [0.1, 0.15) is 0 Å². The third-order valence-corrected chi connectivity index (χ3v) is 2.57. The molecule has 0 spiro atoms. The number of rotatable bonds is 1.